The third kappa shape index (κ3) is 2.26. The largest absolute Gasteiger partial charge is 0.354 e. The summed E-state index contributed by atoms with van der Waals surface area (Å²) in [6.45, 7) is 2.96. The van der Waals surface area contributed by atoms with E-state index >= 15 is 0 Å². The van der Waals surface area contributed by atoms with Crippen LogP contribution in [0.25, 0.3) is 0 Å². The SMILES string of the molecule is C[C@@]12CCC(=O)N1[C@@H](C(=O)NCC13CC4CC(CC(C4)C1)C3)CS2. The normalized spacial score (nSPS) is 48.9. The molecule has 0 radical (unpaired) electrons. The zero-order valence-electron chi connectivity index (χ0n) is 14.6. The van der Waals surface area contributed by atoms with E-state index in [0.29, 0.717) is 11.8 Å². The molecule has 6 rings (SSSR count). The molecule has 24 heavy (non-hydrogen) atoms. The second-order valence-corrected chi connectivity index (χ2v) is 10.9. The number of hydrogen-bond acceptors (Lipinski definition) is 3. The zero-order valence-corrected chi connectivity index (χ0v) is 15.4. The Hall–Kier alpha value is -0.710. The molecule has 0 aromatic rings. The van der Waals surface area contributed by atoms with Crippen molar-refractivity contribution in [3.63, 3.8) is 0 Å². The Labute approximate surface area is 148 Å². The van der Waals surface area contributed by atoms with Crippen molar-refractivity contribution in [2.75, 3.05) is 12.3 Å². The van der Waals surface area contributed by atoms with Gasteiger partial charge in [0.2, 0.25) is 11.8 Å². The van der Waals surface area contributed by atoms with Crippen LogP contribution in [0.1, 0.15) is 58.3 Å². The fraction of sp³-hybridized carbons (Fsp3) is 0.895. The van der Waals surface area contributed by atoms with E-state index in [1.54, 1.807) is 11.8 Å². The van der Waals surface area contributed by atoms with E-state index in [4.69, 9.17) is 0 Å². The van der Waals surface area contributed by atoms with Crippen LogP contribution in [0.15, 0.2) is 0 Å². The summed E-state index contributed by atoms with van der Waals surface area (Å²) in [5.74, 6) is 3.76. The molecule has 0 aromatic carbocycles. The molecule has 4 bridgehead atoms. The highest BCUT2D eigenvalue weighted by atomic mass is 32.2. The van der Waals surface area contributed by atoms with Gasteiger partial charge in [-0.1, -0.05) is 0 Å². The van der Waals surface area contributed by atoms with Crippen molar-refractivity contribution in [3.8, 4) is 0 Å². The monoisotopic (exact) mass is 348 g/mol. The van der Waals surface area contributed by atoms with Gasteiger partial charge in [0, 0.05) is 18.7 Å². The molecular formula is C19H28N2O2S. The van der Waals surface area contributed by atoms with E-state index in [2.05, 4.69) is 12.2 Å². The van der Waals surface area contributed by atoms with E-state index in [1.807, 2.05) is 4.90 Å². The van der Waals surface area contributed by atoms with Gasteiger partial charge >= 0.3 is 0 Å². The van der Waals surface area contributed by atoms with E-state index in [1.165, 1.54) is 38.5 Å². The van der Waals surface area contributed by atoms with Crippen LogP contribution in [-0.4, -0.2) is 39.9 Å². The molecule has 2 atom stereocenters. The van der Waals surface area contributed by atoms with Gasteiger partial charge in [-0.3, -0.25) is 9.59 Å². The van der Waals surface area contributed by atoms with Gasteiger partial charge in [0.1, 0.15) is 6.04 Å². The lowest BCUT2D eigenvalue weighted by Crippen LogP contribution is -2.55. The molecule has 6 fully saturated rings. The van der Waals surface area contributed by atoms with Crippen molar-refractivity contribution in [1.29, 1.82) is 0 Å². The highest BCUT2D eigenvalue weighted by Crippen LogP contribution is 2.59. The van der Waals surface area contributed by atoms with Gasteiger partial charge in [0.15, 0.2) is 0 Å². The van der Waals surface area contributed by atoms with Crippen LogP contribution < -0.4 is 5.32 Å². The molecule has 6 aliphatic rings. The van der Waals surface area contributed by atoms with Crippen LogP contribution in [0.2, 0.25) is 0 Å². The maximum Gasteiger partial charge on any atom is 0.243 e. The van der Waals surface area contributed by atoms with Crippen molar-refractivity contribution in [2.45, 2.75) is 69.2 Å². The topological polar surface area (TPSA) is 49.4 Å². The smallest absolute Gasteiger partial charge is 0.243 e. The van der Waals surface area contributed by atoms with Crippen LogP contribution in [0.3, 0.4) is 0 Å². The third-order valence-electron chi connectivity index (χ3n) is 7.55. The lowest BCUT2D eigenvalue weighted by molar-refractivity contribution is -0.138. The molecule has 0 spiro atoms. The van der Waals surface area contributed by atoms with E-state index in [-0.39, 0.29) is 22.7 Å². The summed E-state index contributed by atoms with van der Waals surface area (Å²) < 4.78 is 0. The molecule has 132 valence electrons. The molecule has 2 saturated heterocycles. The quantitative estimate of drug-likeness (QED) is 0.853. The fourth-order valence-corrected chi connectivity index (χ4v) is 8.35. The summed E-state index contributed by atoms with van der Waals surface area (Å²) >= 11 is 1.79. The summed E-state index contributed by atoms with van der Waals surface area (Å²) in [7, 11) is 0. The van der Waals surface area contributed by atoms with Gasteiger partial charge < -0.3 is 10.2 Å². The lowest BCUT2D eigenvalue weighted by atomic mass is 9.49. The number of nitrogens with zero attached hydrogens (tertiary/aromatic N) is 1. The maximum atomic E-state index is 12.9. The maximum absolute atomic E-state index is 12.9. The first kappa shape index (κ1) is 15.5. The van der Waals surface area contributed by atoms with E-state index < -0.39 is 0 Å². The number of carbonyl (C=O) groups excluding carboxylic acids is 2. The summed E-state index contributed by atoms with van der Waals surface area (Å²) in [4.78, 5) is 26.8. The average molecular weight is 349 g/mol. The first-order valence-corrected chi connectivity index (χ1v) is 10.7. The van der Waals surface area contributed by atoms with Crippen LogP contribution >= 0.6 is 11.8 Å². The van der Waals surface area contributed by atoms with E-state index in [0.717, 1.165) is 36.5 Å². The molecule has 2 heterocycles. The minimum Gasteiger partial charge on any atom is -0.354 e. The standard InChI is InChI=1S/C19H28N2O2S/c1-18-3-2-16(22)21(18)15(10-24-18)17(23)20-11-19-7-12-4-13(8-19)6-14(5-12)9-19/h12-15H,2-11H2,1H3,(H,20,23)/t12?,13?,14?,15-,18-,19?/m1/s1. The Morgan fingerprint density at radius 1 is 1.21 bits per heavy atom. The number of nitrogens with one attached hydrogen (secondary N) is 1. The molecule has 4 aliphatic carbocycles. The van der Waals surface area contributed by atoms with E-state index in [9.17, 15) is 9.59 Å². The molecule has 1 N–H and O–H groups in total. The molecule has 0 aromatic heterocycles. The number of amides is 2. The van der Waals surface area contributed by atoms with Gasteiger partial charge in [-0.15, -0.1) is 11.8 Å². The summed E-state index contributed by atoms with van der Waals surface area (Å²) in [6.07, 6.45) is 9.75. The zero-order chi connectivity index (χ0) is 16.5. The third-order valence-corrected chi connectivity index (χ3v) is 9.06. The van der Waals surface area contributed by atoms with Gasteiger partial charge in [-0.25, -0.2) is 0 Å². The van der Waals surface area contributed by atoms with Crippen molar-refractivity contribution >= 4 is 23.6 Å². The number of rotatable bonds is 3. The van der Waals surface area contributed by atoms with Gasteiger partial charge in [0.25, 0.3) is 0 Å². The highest BCUT2D eigenvalue weighted by Gasteiger charge is 2.54. The molecule has 2 amide bonds. The first-order valence-electron chi connectivity index (χ1n) is 9.70. The minimum absolute atomic E-state index is 0.0946. The Kier molecular flexibility index (Phi) is 3.33. The number of fused-ring (bicyclic) bond motifs is 1. The molecule has 4 saturated carbocycles. The Balaban J connectivity index is 1.26. The lowest BCUT2D eigenvalue weighted by Gasteiger charge is -2.57. The van der Waals surface area contributed by atoms with Crippen molar-refractivity contribution in [1.82, 2.24) is 10.2 Å². The minimum atomic E-state index is -0.246. The predicted octanol–water partition coefficient (Wildman–Crippen LogP) is 2.77. The second-order valence-electron chi connectivity index (χ2n) is 9.40. The first-order chi connectivity index (χ1) is 11.5. The van der Waals surface area contributed by atoms with Crippen molar-refractivity contribution < 1.29 is 9.59 Å². The van der Waals surface area contributed by atoms with Crippen LogP contribution in [0.5, 0.6) is 0 Å². The van der Waals surface area contributed by atoms with Gasteiger partial charge in [0.05, 0.1) is 4.87 Å². The van der Waals surface area contributed by atoms with Gasteiger partial charge in [-0.05, 0) is 75.0 Å². The summed E-state index contributed by atoms with van der Waals surface area (Å²) in [5.41, 5.74) is 0.370. The Morgan fingerprint density at radius 3 is 2.46 bits per heavy atom. The molecule has 0 unspecified atom stereocenters. The number of carbonyl (C=O) groups is 2. The van der Waals surface area contributed by atoms with Crippen molar-refractivity contribution in [2.24, 2.45) is 23.2 Å². The summed E-state index contributed by atoms with van der Waals surface area (Å²) in [5, 5.41) is 3.29. The van der Waals surface area contributed by atoms with Gasteiger partial charge in [-0.2, -0.15) is 0 Å². The van der Waals surface area contributed by atoms with Crippen LogP contribution in [-0.2, 0) is 9.59 Å². The van der Waals surface area contributed by atoms with Crippen LogP contribution in [0.4, 0.5) is 0 Å². The molecule has 4 nitrogen and oxygen atoms in total. The predicted molar refractivity (Wildman–Crippen MR) is 94.3 cm³/mol. The number of thioether (sulfide) groups is 1. The highest BCUT2D eigenvalue weighted by molar-refractivity contribution is 8.01. The Bertz CT molecular complexity index is 557. The van der Waals surface area contributed by atoms with Crippen LogP contribution in [0, 0.1) is 23.2 Å². The number of hydrogen-bond donors (Lipinski definition) is 1. The molecule has 2 aliphatic heterocycles. The van der Waals surface area contributed by atoms with Crippen molar-refractivity contribution in [3.05, 3.63) is 0 Å². The fourth-order valence-electron chi connectivity index (χ4n) is 6.91. The average Bonchev–Trinajstić information content (AvgIpc) is 3.01. The summed E-state index contributed by atoms with van der Waals surface area (Å²) in [6, 6.07) is -0.246. The second kappa shape index (κ2) is 5.15. The molecule has 5 heteroatoms. The Morgan fingerprint density at radius 2 is 1.83 bits per heavy atom. The molecular weight excluding hydrogens is 320 g/mol.